The molecule has 1 rings (SSSR count). The zero-order valence-corrected chi connectivity index (χ0v) is 9.22. The number of hydrogen-bond acceptors (Lipinski definition) is 5. The Kier molecular flexibility index (Phi) is 2.67. The van der Waals surface area contributed by atoms with Gasteiger partial charge in [-0.1, -0.05) is 0 Å². The fourth-order valence-electron chi connectivity index (χ4n) is 0.974. The van der Waals surface area contributed by atoms with Crippen molar-refractivity contribution in [2.24, 2.45) is 7.05 Å². The normalized spacial score (nSPS) is 11.4. The van der Waals surface area contributed by atoms with Gasteiger partial charge in [-0.05, 0) is 0 Å². The molecule has 0 aliphatic rings. The molecule has 0 saturated carbocycles. The largest absolute Gasteiger partial charge is 0.331 e. The molecule has 1 aromatic heterocycles. The van der Waals surface area contributed by atoms with Gasteiger partial charge in [0.2, 0.25) is 15.8 Å². The van der Waals surface area contributed by atoms with E-state index in [2.05, 4.69) is 5.10 Å². The molecule has 0 aliphatic carbocycles. The number of hydrogen-bond donors (Lipinski definition) is 0. The van der Waals surface area contributed by atoms with Crippen LogP contribution in [0.25, 0.3) is 0 Å². The molecule has 0 bridgehead atoms. The zero-order valence-electron chi connectivity index (χ0n) is 8.41. The predicted octanol–water partition coefficient (Wildman–Crippen LogP) is -0.276. The standard InChI is InChI=1S/C6H10N4O4S/c1-8-4-5(10(11)12)6(7-8)9(2)15(3,13)14/h4H,1-3H3. The van der Waals surface area contributed by atoms with Crippen molar-refractivity contribution in [2.45, 2.75) is 0 Å². The average Bonchev–Trinajstić information content (AvgIpc) is 2.44. The van der Waals surface area contributed by atoms with Crippen LogP contribution in [0.3, 0.4) is 0 Å². The van der Waals surface area contributed by atoms with E-state index in [1.165, 1.54) is 18.8 Å². The third-order valence-corrected chi connectivity index (χ3v) is 2.95. The van der Waals surface area contributed by atoms with Crippen LogP contribution in [0.2, 0.25) is 0 Å². The lowest BCUT2D eigenvalue weighted by atomic mass is 10.5. The topological polar surface area (TPSA) is 98.3 Å². The number of sulfonamides is 1. The highest BCUT2D eigenvalue weighted by Gasteiger charge is 2.26. The molecule has 0 atom stereocenters. The number of nitrogens with zero attached hydrogens (tertiary/aromatic N) is 4. The highest BCUT2D eigenvalue weighted by Crippen LogP contribution is 2.25. The quantitative estimate of drug-likeness (QED) is 0.529. The van der Waals surface area contributed by atoms with Gasteiger partial charge >= 0.3 is 5.69 Å². The van der Waals surface area contributed by atoms with Gasteiger partial charge in [-0.25, -0.2) is 12.7 Å². The highest BCUT2D eigenvalue weighted by atomic mass is 32.2. The van der Waals surface area contributed by atoms with E-state index in [4.69, 9.17) is 0 Å². The van der Waals surface area contributed by atoms with E-state index in [9.17, 15) is 18.5 Å². The lowest BCUT2D eigenvalue weighted by molar-refractivity contribution is -0.384. The summed E-state index contributed by atoms with van der Waals surface area (Å²) in [5.74, 6) is -0.190. The minimum Gasteiger partial charge on any atom is -0.266 e. The van der Waals surface area contributed by atoms with Crippen molar-refractivity contribution < 1.29 is 13.3 Å². The fourth-order valence-corrected chi connectivity index (χ4v) is 1.42. The maximum absolute atomic E-state index is 11.2. The lowest BCUT2D eigenvalue weighted by Gasteiger charge is -2.11. The first-order valence-electron chi connectivity index (χ1n) is 3.85. The molecule has 0 unspecified atom stereocenters. The first-order chi connectivity index (χ1) is 6.73. The van der Waals surface area contributed by atoms with Crippen molar-refractivity contribution in [3.63, 3.8) is 0 Å². The molecule has 0 spiro atoms. The number of nitro groups is 1. The summed E-state index contributed by atoms with van der Waals surface area (Å²) in [6.07, 6.45) is 2.10. The third-order valence-electron chi connectivity index (χ3n) is 1.78. The molecule has 0 saturated heterocycles. The van der Waals surface area contributed by atoms with Gasteiger partial charge in [-0.15, -0.1) is 5.10 Å². The summed E-state index contributed by atoms with van der Waals surface area (Å²) < 4.78 is 24.3. The van der Waals surface area contributed by atoms with Crippen LogP contribution in [-0.2, 0) is 17.1 Å². The van der Waals surface area contributed by atoms with E-state index in [0.29, 0.717) is 0 Å². The monoisotopic (exact) mass is 234 g/mol. The summed E-state index contributed by atoms with van der Waals surface area (Å²) >= 11 is 0. The molecule has 0 aromatic carbocycles. The number of rotatable bonds is 3. The van der Waals surface area contributed by atoms with Gasteiger partial charge in [0.1, 0.15) is 6.20 Å². The maximum atomic E-state index is 11.2. The highest BCUT2D eigenvalue weighted by molar-refractivity contribution is 7.92. The molecule has 0 aliphatic heterocycles. The van der Waals surface area contributed by atoms with Crippen molar-refractivity contribution >= 4 is 21.5 Å². The van der Waals surface area contributed by atoms with Crippen LogP contribution in [0.4, 0.5) is 11.5 Å². The van der Waals surface area contributed by atoms with Crippen molar-refractivity contribution in [2.75, 3.05) is 17.6 Å². The summed E-state index contributed by atoms with van der Waals surface area (Å²) in [5, 5.41) is 14.3. The number of anilines is 1. The van der Waals surface area contributed by atoms with Crippen LogP contribution < -0.4 is 4.31 Å². The molecule has 0 N–H and O–H groups in total. The minimum atomic E-state index is -3.55. The lowest BCUT2D eigenvalue weighted by Crippen LogP contribution is -2.26. The van der Waals surface area contributed by atoms with Crippen LogP contribution in [-0.4, -0.2) is 36.4 Å². The Bertz CT molecular complexity index is 491. The molecule has 1 aromatic rings. The summed E-state index contributed by atoms with van der Waals surface area (Å²) in [6.45, 7) is 0. The van der Waals surface area contributed by atoms with Crippen LogP contribution in [0.15, 0.2) is 6.20 Å². The number of aryl methyl sites for hydroxylation is 1. The van der Waals surface area contributed by atoms with E-state index in [0.717, 1.165) is 16.8 Å². The van der Waals surface area contributed by atoms with Crippen molar-refractivity contribution in [1.29, 1.82) is 0 Å². The molecule has 0 fully saturated rings. The van der Waals surface area contributed by atoms with Crippen LogP contribution in [0.5, 0.6) is 0 Å². The molecule has 0 amide bonds. The Morgan fingerprint density at radius 3 is 2.53 bits per heavy atom. The van der Waals surface area contributed by atoms with Crippen molar-refractivity contribution in [3.8, 4) is 0 Å². The van der Waals surface area contributed by atoms with Crippen molar-refractivity contribution in [3.05, 3.63) is 16.3 Å². The molecule has 0 radical (unpaired) electrons. The smallest absolute Gasteiger partial charge is 0.266 e. The van der Waals surface area contributed by atoms with E-state index < -0.39 is 14.9 Å². The molecular weight excluding hydrogens is 224 g/mol. The second-order valence-corrected chi connectivity index (χ2v) is 5.01. The van der Waals surface area contributed by atoms with Crippen LogP contribution >= 0.6 is 0 Å². The summed E-state index contributed by atoms with van der Waals surface area (Å²) in [7, 11) is -0.854. The van der Waals surface area contributed by atoms with Gasteiger partial charge in [0.25, 0.3) is 0 Å². The molecular formula is C6H10N4O4S. The van der Waals surface area contributed by atoms with E-state index in [-0.39, 0.29) is 11.5 Å². The molecule has 9 heteroatoms. The molecule has 84 valence electrons. The van der Waals surface area contributed by atoms with Gasteiger partial charge in [0.05, 0.1) is 11.2 Å². The molecule has 1 heterocycles. The first kappa shape index (κ1) is 11.4. The first-order valence-corrected chi connectivity index (χ1v) is 5.70. The average molecular weight is 234 g/mol. The fraction of sp³-hybridized carbons (Fsp3) is 0.500. The Balaban J connectivity index is 3.31. The SMILES string of the molecule is CN(c1nn(C)cc1[N+](=O)[O-])S(C)(=O)=O. The molecule has 8 nitrogen and oxygen atoms in total. The van der Waals surface area contributed by atoms with E-state index in [1.807, 2.05) is 0 Å². The molecule has 15 heavy (non-hydrogen) atoms. The third kappa shape index (κ3) is 2.24. The summed E-state index contributed by atoms with van der Waals surface area (Å²) in [5.41, 5.74) is -0.342. The van der Waals surface area contributed by atoms with E-state index in [1.54, 1.807) is 0 Å². The Hall–Kier alpha value is -1.64. The Morgan fingerprint density at radius 1 is 1.60 bits per heavy atom. The van der Waals surface area contributed by atoms with Gasteiger partial charge in [-0.3, -0.25) is 14.8 Å². The summed E-state index contributed by atoms with van der Waals surface area (Å²) in [6, 6.07) is 0. The van der Waals surface area contributed by atoms with Crippen LogP contribution in [0, 0.1) is 10.1 Å². The Morgan fingerprint density at radius 2 is 2.13 bits per heavy atom. The second-order valence-electron chi connectivity index (χ2n) is 3.00. The van der Waals surface area contributed by atoms with Crippen molar-refractivity contribution in [1.82, 2.24) is 9.78 Å². The maximum Gasteiger partial charge on any atom is 0.331 e. The zero-order chi connectivity index (χ0) is 11.8. The predicted molar refractivity (Wildman–Crippen MR) is 53.1 cm³/mol. The van der Waals surface area contributed by atoms with E-state index >= 15 is 0 Å². The number of aromatic nitrogens is 2. The van der Waals surface area contributed by atoms with Gasteiger partial charge in [0, 0.05) is 14.1 Å². The second kappa shape index (κ2) is 3.50. The van der Waals surface area contributed by atoms with Crippen LogP contribution in [0.1, 0.15) is 0 Å². The van der Waals surface area contributed by atoms with Gasteiger partial charge in [0.15, 0.2) is 0 Å². The van der Waals surface area contributed by atoms with Gasteiger partial charge in [-0.2, -0.15) is 0 Å². The minimum absolute atomic E-state index is 0.190. The Labute approximate surface area is 86.3 Å². The summed E-state index contributed by atoms with van der Waals surface area (Å²) in [4.78, 5) is 9.92. The van der Waals surface area contributed by atoms with Gasteiger partial charge < -0.3 is 0 Å².